The Balaban J connectivity index is 1.17. The smallest absolute Gasteiger partial charge is 0.263 e. The Kier molecular flexibility index (Phi) is 7.53. The molecule has 6 rings (SSSR count). The van der Waals surface area contributed by atoms with Crippen molar-refractivity contribution in [2.45, 2.75) is 75.9 Å². The van der Waals surface area contributed by atoms with Gasteiger partial charge in [-0.1, -0.05) is 43.3 Å². The number of hydrogen-bond donors (Lipinski definition) is 2. The molecule has 0 unspecified atom stereocenters. The molecule has 3 heterocycles. The van der Waals surface area contributed by atoms with Gasteiger partial charge in [0.1, 0.15) is 0 Å². The van der Waals surface area contributed by atoms with Crippen molar-refractivity contribution < 1.29 is 24.2 Å². The van der Waals surface area contributed by atoms with Crippen molar-refractivity contribution in [2.75, 3.05) is 18.1 Å². The van der Waals surface area contributed by atoms with Crippen LogP contribution in [0.3, 0.4) is 0 Å². The van der Waals surface area contributed by atoms with E-state index in [0.717, 1.165) is 59.0 Å². The summed E-state index contributed by atoms with van der Waals surface area (Å²) >= 11 is 0. The van der Waals surface area contributed by atoms with Crippen molar-refractivity contribution >= 4 is 42.3 Å². The molecule has 0 aromatic heterocycles. The van der Waals surface area contributed by atoms with Crippen LogP contribution >= 0.6 is 0 Å². The maximum absolute atomic E-state index is 13.4. The SMILES string of the molecule is C[C@H]1[C@H]([Si](C)(C)O)[C@@H](CC(=O)N2CCC[C@H]2CO)O[C@H]1CCc1cccc(N2C(=O)c3cccc4cccc2c34)c1. The third kappa shape index (κ3) is 5.12. The summed E-state index contributed by atoms with van der Waals surface area (Å²) < 4.78 is 6.56. The number of ether oxygens (including phenoxy) is 1. The van der Waals surface area contributed by atoms with Gasteiger partial charge in [0.25, 0.3) is 5.91 Å². The van der Waals surface area contributed by atoms with Crippen molar-refractivity contribution in [1.82, 2.24) is 4.90 Å². The summed E-state index contributed by atoms with van der Waals surface area (Å²) in [6.45, 7) is 6.70. The van der Waals surface area contributed by atoms with Crippen LogP contribution in [0.1, 0.15) is 48.5 Å². The molecule has 41 heavy (non-hydrogen) atoms. The van der Waals surface area contributed by atoms with Gasteiger partial charge in [-0.05, 0) is 79.9 Å². The highest BCUT2D eigenvalue weighted by Gasteiger charge is 2.50. The van der Waals surface area contributed by atoms with Gasteiger partial charge in [-0.15, -0.1) is 0 Å². The third-order valence-electron chi connectivity index (χ3n) is 9.45. The highest BCUT2D eigenvalue weighted by molar-refractivity contribution is 6.71. The number of hydrogen-bond acceptors (Lipinski definition) is 5. The number of nitrogens with zero attached hydrogens (tertiary/aromatic N) is 2. The number of likely N-dealkylation sites (tertiary alicyclic amines) is 1. The van der Waals surface area contributed by atoms with Crippen LogP contribution in [0.5, 0.6) is 0 Å². The molecule has 3 aromatic carbocycles. The van der Waals surface area contributed by atoms with Gasteiger partial charge in [-0.3, -0.25) is 14.5 Å². The first-order chi connectivity index (χ1) is 19.7. The monoisotopic (exact) mass is 572 g/mol. The predicted octanol–water partition coefficient (Wildman–Crippen LogP) is 5.41. The van der Waals surface area contributed by atoms with E-state index in [1.54, 1.807) is 4.90 Å². The lowest BCUT2D eigenvalue weighted by Crippen LogP contribution is -2.43. The maximum Gasteiger partial charge on any atom is 0.263 e. The minimum absolute atomic E-state index is 0.00590. The molecule has 5 atom stereocenters. The first kappa shape index (κ1) is 28.1. The van der Waals surface area contributed by atoms with Gasteiger partial charge in [0.05, 0.1) is 42.5 Å². The topological polar surface area (TPSA) is 90.3 Å². The largest absolute Gasteiger partial charge is 0.432 e. The molecule has 0 bridgehead atoms. The van der Waals surface area contributed by atoms with E-state index in [-0.39, 0.29) is 54.6 Å². The molecular weight excluding hydrogens is 532 g/mol. The molecule has 0 spiro atoms. The van der Waals surface area contributed by atoms with Crippen molar-refractivity contribution in [3.63, 3.8) is 0 Å². The lowest BCUT2D eigenvalue weighted by Gasteiger charge is -2.31. The first-order valence-corrected chi connectivity index (χ1v) is 17.9. The molecule has 8 heteroatoms. The van der Waals surface area contributed by atoms with Crippen LogP contribution in [-0.4, -0.2) is 66.3 Å². The van der Waals surface area contributed by atoms with Crippen LogP contribution in [0.25, 0.3) is 10.8 Å². The zero-order valence-electron chi connectivity index (χ0n) is 24.1. The molecule has 2 saturated heterocycles. The molecule has 3 aliphatic rings. The molecule has 216 valence electrons. The number of carbonyl (C=O) groups excluding carboxylic acids is 2. The molecular formula is C33H40N2O5Si. The average Bonchev–Trinajstić information content (AvgIpc) is 3.63. The summed E-state index contributed by atoms with van der Waals surface area (Å²) in [6, 6.07) is 20.0. The van der Waals surface area contributed by atoms with E-state index in [1.807, 2.05) is 66.5 Å². The highest BCUT2D eigenvalue weighted by Crippen LogP contribution is 2.46. The van der Waals surface area contributed by atoms with E-state index in [0.29, 0.717) is 6.54 Å². The highest BCUT2D eigenvalue weighted by atomic mass is 28.4. The standard InChI is InChI=1S/C33H40N2O5Si/c1-21-28(40-29(32(21)41(2,3)39)19-30(37)34-17-7-12-25(34)20-36)16-15-22-8-4-11-24(18-22)35-27-14-6-10-23-9-5-13-26(31(23)27)33(35)38/h4-6,8-11,13-14,18,21,25,28-29,32,36,39H,7,12,15-17,19-20H2,1-3H3/t21-,25+,28+,29-,32+/m1/s1. The molecule has 0 saturated carbocycles. The van der Waals surface area contributed by atoms with Crippen molar-refractivity contribution in [3.8, 4) is 0 Å². The minimum atomic E-state index is -2.61. The zero-order valence-corrected chi connectivity index (χ0v) is 25.1. The Morgan fingerprint density at radius 1 is 1.07 bits per heavy atom. The maximum atomic E-state index is 13.4. The van der Waals surface area contributed by atoms with E-state index in [9.17, 15) is 19.5 Å². The molecule has 3 aliphatic heterocycles. The molecule has 0 radical (unpaired) electrons. The summed E-state index contributed by atoms with van der Waals surface area (Å²) in [4.78, 5) is 41.5. The number of anilines is 2. The van der Waals surface area contributed by atoms with Gasteiger partial charge in [0.2, 0.25) is 5.91 Å². The van der Waals surface area contributed by atoms with Gasteiger partial charge >= 0.3 is 0 Å². The van der Waals surface area contributed by atoms with Crippen molar-refractivity contribution in [3.05, 3.63) is 71.8 Å². The van der Waals surface area contributed by atoms with Gasteiger partial charge in [-0.2, -0.15) is 0 Å². The Morgan fingerprint density at radius 2 is 1.83 bits per heavy atom. The summed E-state index contributed by atoms with van der Waals surface area (Å²) in [6.07, 6.45) is 3.14. The molecule has 3 aromatic rings. The quantitative estimate of drug-likeness (QED) is 0.353. The summed E-state index contributed by atoms with van der Waals surface area (Å²) in [5, 5.41) is 11.8. The second-order valence-corrected chi connectivity index (χ2v) is 16.5. The van der Waals surface area contributed by atoms with Crippen molar-refractivity contribution in [1.29, 1.82) is 0 Å². The fraction of sp³-hybridized carbons (Fsp3) is 0.455. The number of benzene rings is 3. The Labute approximate surface area is 242 Å². The van der Waals surface area contributed by atoms with E-state index in [2.05, 4.69) is 19.1 Å². The fourth-order valence-electron chi connectivity index (χ4n) is 7.58. The lowest BCUT2D eigenvalue weighted by molar-refractivity contribution is -0.135. The van der Waals surface area contributed by atoms with Crippen LogP contribution < -0.4 is 4.90 Å². The number of aliphatic hydroxyl groups is 1. The van der Waals surface area contributed by atoms with Gasteiger partial charge in [0.15, 0.2) is 8.32 Å². The van der Waals surface area contributed by atoms with Gasteiger partial charge in [0, 0.05) is 23.2 Å². The summed E-state index contributed by atoms with van der Waals surface area (Å²) in [7, 11) is -2.61. The molecule has 2 amide bonds. The Morgan fingerprint density at radius 3 is 2.59 bits per heavy atom. The van der Waals surface area contributed by atoms with Crippen LogP contribution in [0, 0.1) is 5.92 Å². The minimum Gasteiger partial charge on any atom is -0.432 e. The van der Waals surface area contributed by atoms with Gasteiger partial charge < -0.3 is 19.5 Å². The van der Waals surface area contributed by atoms with E-state index in [4.69, 9.17) is 4.74 Å². The molecule has 0 aliphatic carbocycles. The number of amides is 2. The number of rotatable bonds is 8. The number of carbonyl (C=O) groups is 2. The second kappa shape index (κ2) is 11.0. The Bertz CT molecular complexity index is 1460. The zero-order chi connectivity index (χ0) is 28.9. The van der Waals surface area contributed by atoms with Crippen LogP contribution in [0.4, 0.5) is 11.4 Å². The Hall–Kier alpha value is -3.04. The van der Waals surface area contributed by atoms with E-state index >= 15 is 0 Å². The molecule has 2 fully saturated rings. The second-order valence-electron chi connectivity index (χ2n) is 12.6. The van der Waals surface area contributed by atoms with E-state index < -0.39 is 8.32 Å². The fourth-order valence-corrected chi connectivity index (χ4v) is 10.2. The number of aliphatic hydroxyl groups excluding tert-OH is 1. The molecule has 2 N–H and O–H groups in total. The van der Waals surface area contributed by atoms with Crippen molar-refractivity contribution in [2.24, 2.45) is 5.92 Å². The number of aryl methyl sites for hydroxylation is 1. The lowest BCUT2D eigenvalue weighted by atomic mass is 9.95. The van der Waals surface area contributed by atoms with Gasteiger partial charge in [-0.25, -0.2) is 0 Å². The summed E-state index contributed by atoms with van der Waals surface area (Å²) in [5.74, 6) is 0.136. The van der Waals surface area contributed by atoms with E-state index in [1.165, 1.54) is 0 Å². The first-order valence-electron chi connectivity index (χ1n) is 14.9. The van der Waals surface area contributed by atoms with Crippen LogP contribution in [0.2, 0.25) is 18.6 Å². The summed E-state index contributed by atoms with van der Waals surface area (Å²) in [5.41, 5.74) is 3.58. The normalized spacial score (nSPS) is 26.0. The van der Waals surface area contributed by atoms with Crippen LogP contribution in [0.15, 0.2) is 60.7 Å². The third-order valence-corrected chi connectivity index (χ3v) is 12.0. The average molecular weight is 573 g/mol. The molecule has 7 nitrogen and oxygen atoms in total. The van der Waals surface area contributed by atoms with Crippen LogP contribution in [-0.2, 0) is 16.0 Å². The predicted molar refractivity (Wildman–Crippen MR) is 163 cm³/mol.